The Labute approximate surface area is 202 Å². The molecule has 0 heterocycles. The van der Waals surface area contributed by atoms with Gasteiger partial charge in [0.05, 0.1) is 12.7 Å². The quantitative estimate of drug-likeness (QED) is 0.341. The van der Waals surface area contributed by atoms with Gasteiger partial charge < -0.3 is 20.7 Å². The van der Waals surface area contributed by atoms with Crippen LogP contribution < -0.4 is 20.7 Å². The van der Waals surface area contributed by atoms with E-state index in [1.807, 2.05) is 57.3 Å². The molecular formula is C27H35N5O2. The molecule has 0 spiro atoms. The molecule has 3 N–H and O–H groups in total. The van der Waals surface area contributed by atoms with Gasteiger partial charge >= 0.3 is 0 Å². The van der Waals surface area contributed by atoms with E-state index < -0.39 is 0 Å². The van der Waals surface area contributed by atoms with Gasteiger partial charge in [0, 0.05) is 23.5 Å². The Morgan fingerprint density at radius 3 is 2.38 bits per heavy atom. The lowest BCUT2D eigenvalue weighted by molar-refractivity contribution is 0.0932. The van der Waals surface area contributed by atoms with E-state index in [-0.39, 0.29) is 22.9 Å². The average Bonchev–Trinajstić information content (AvgIpc) is 2.83. The van der Waals surface area contributed by atoms with Crippen LogP contribution in [0.4, 0.5) is 0 Å². The molecule has 1 aliphatic carbocycles. The number of guanidine groups is 1. The van der Waals surface area contributed by atoms with Crippen molar-refractivity contribution in [2.45, 2.75) is 63.5 Å². The molecule has 0 unspecified atom stereocenters. The summed E-state index contributed by atoms with van der Waals surface area (Å²) in [4.78, 5) is 16.9. The first-order valence-electron chi connectivity index (χ1n) is 11.7. The maximum atomic E-state index is 13.0. The molecule has 1 amide bonds. The van der Waals surface area contributed by atoms with Crippen LogP contribution in [-0.4, -0.2) is 37.1 Å². The summed E-state index contributed by atoms with van der Waals surface area (Å²) >= 11 is 0. The largest absolute Gasteiger partial charge is 0.496 e. The second-order valence-corrected chi connectivity index (χ2v) is 9.88. The number of amides is 1. The van der Waals surface area contributed by atoms with Crippen molar-refractivity contribution >= 4 is 11.9 Å². The monoisotopic (exact) mass is 461 g/mol. The van der Waals surface area contributed by atoms with E-state index in [4.69, 9.17) is 10.00 Å². The average molecular weight is 462 g/mol. The van der Waals surface area contributed by atoms with Gasteiger partial charge in [0.1, 0.15) is 5.75 Å². The first kappa shape index (κ1) is 25.1. The maximum absolute atomic E-state index is 13.0. The van der Waals surface area contributed by atoms with Crippen molar-refractivity contribution in [3.8, 4) is 11.9 Å². The van der Waals surface area contributed by atoms with Crippen LogP contribution in [0.25, 0.3) is 0 Å². The van der Waals surface area contributed by atoms with Crippen molar-refractivity contribution in [3.05, 3.63) is 65.7 Å². The highest BCUT2D eigenvalue weighted by Crippen LogP contribution is 2.39. The Hall–Kier alpha value is -3.53. The predicted molar refractivity (Wildman–Crippen MR) is 135 cm³/mol. The van der Waals surface area contributed by atoms with E-state index >= 15 is 0 Å². The van der Waals surface area contributed by atoms with Crippen LogP contribution in [-0.2, 0) is 5.41 Å². The highest BCUT2D eigenvalue weighted by Gasteiger charge is 2.37. The molecule has 1 aliphatic rings. The Morgan fingerprint density at radius 1 is 1.12 bits per heavy atom. The summed E-state index contributed by atoms with van der Waals surface area (Å²) < 4.78 is 5.36. The number of hydrogen-bond acceptors (Lipinski definition) is 4. The normalized spacial score (nSPS) is 20.7. The van der Waals surface area contributed by atoms with Gasteiger partial charge in [-0.15, -0.1) is 4.99 Å². The van der Waals surface area contributed by atoms with Gasteiger partial charge in [-0.1, -0.05) is 42.5 Å². The third-order valence-corrected chi connectivity index (χ3v) is 6.26. The first-order valence-corrected chi connectivity index (χ1v) is 11.7. The number of carbonyl (C=O) groups excluding carboxylic acids is 1. The molecule has 2 aromatic carbocycles. The standard InChI is InChI=1S/C27H35N5O2/c1-26(2,3)32-25(30-19-28)31-21-14-16-27(17-15-21,20-10-6-5-7-11-20)18-29-24(33)22-12-8-9-13-23(22)34-4/h5-13,21H,14-18H2,1-4H3,(H,29,33)(H2,30,31,32). The zero-order valence-electron chi connectivity index (χ0n) is 20.5. The third kappa shape index (κ3) is 6.50. The third-order valence-electron chi connectivity index (χ3n) is 6.26. The summed E-state index contributed by atoms with van der Waals surface area (Å²) in [6, 6.07) is 17.9. The van der Waals surface area contributed by atoms with Gasteiger partial charge in [-0.3, -0.25) is 4.79 Å². The predicted octanol–water partition coefficient (Wildman–Crippen LogP) is 4.12. The number of nitrogens with one attached hydrogen (secondary N) is 3. The Morgan fingerprint density at radius 2 is 1.76 bits per heavy atom. The fourth-order valence-corrected chi connectivity index (χ4v) is 4.55. The molecule has 1 fully saturated rings. The molecular weight excluding hydrogens is 426 g/mol. The maximum Gasteiger partial charge on any atom is 0.255 e. The molecule has 180 valence electrons. The number of rotatable bonds is 6. The van der Waals surface area contributed by atoms with Crippen molar-refractivity contribution in [3.63, 3.8) is 0 Å². The molecule has 0 aliphatic heterocycles. The summed E-state index contributed by atoms with van der Waals surface area (Å²) in [5.41, 5.74) is 1.40. The van der Waals surface area contributed by atoms with Gasteiger partial charge in [-0.2, -0.15) is 5.26 Å². The first-order chi connectivity index (χ1) is 16.3. The number of ether oxygens (including phenoxy) is 1. The lowest BCUT2D eigenvalue weighted by Crippen LogP contribution is -2.53. The fraction of sp³-hybridized carbons (Fsp3) is 0.444. The fourth-order valence-electron chi connectivity index (χ4n) is 4.55. The van der Waals surface area contributed by atoms with Crippen molar-refractivity contribution in [2.75, 3.05) is 13.7 Å². The van der Waals surface area contributed by atoms with Crippen molar-refractivity contribution in [1.82, 2.24) is 16.0 Å². The molecule has 0 saturated heterocycles. The minimum Gasteiger partial charge on any atom is -0.496 e. The zero-order chi connectivity index (χ0) is 24.6. The molecule has 1 saturated carbocycles. The van der Waals surface area contributed by atoms with Crippen molar-refractivity contribution in [2.24, 2.45) is 4.99 Å². The van der Waals surface area contributed by atoms with Gasteiger partial charge in [0.2, 0.25) is 12.2 Å². The highest BCUT2D eigenvalue weighted by molar-refractivity contribution is 5.97. The van der Waals surface area contributed by atoms with E-state index in [9.17, 15) is 4.79 Å². The van der Waals surface area contributed by atoms with Gasteiger partial charge in [-0.05, 0) is 64.2 Å². The number of nitriles is 1. The number of para-hydroxylation sites is 1. The van der Waals surface area contributed by atoms with Crippen LogP contribution in [0.5, 0.6) is 5.75 Å². The van der Waals surface area contributed by atoms with Crippen molar-refractivity contribution in [1.29, 1.82) is 5.26 Å². The van der Waals surface area contributed by atoms with Crippen LogP contribution in [0, 0.1) is 11.5 Å². The van der Waals surface area contributed by atoms with Gasteiger partial charge in [-0.25, -0.2) is 0 Å². The van der Waals surface area contributed by atoms with Crippen LogP contribution in [0.3, 0.4) is 0 Å². The molecule has 3 rings (SSSR count). The Kier molecular flexibility index (Phi) is 8.17. The van der Waals surface area contributed by atoms with Crippen LogP contribution >= 0.6 is 0 Å². The summed E-state index contributed by atoms with van der Waals surface area (Å²) in [7, 11) is 1.57. The Bertz CT molecular complexity index is 1030. The summed E-state index contributed by atoms with van der Waals surface area (Å²) in [6.07, 6.45) is 5.48. The van der Waals surface area contributed by atoms with Crippen LogP contribution in [0.15, 0.2) is 59.6 Å². The van der Waals surface area contributed by atoms with E-state index in [1.54, 1.807) is 19.2 Å². The minimum atomic E-state index is -0.200. The number of methoxy groups -OCH3 is 1. The number of aliphatic imine (C=N–C) groups is 1. The summed E-state index contributed by atoms with van der Waals surface area (Å²) in [6.45, 7) is 6.65. The molecule has 7 nitrogen and oxygen atoms in total. The van der Waals surface area contributed by atoms with E-state index in [1.165, 1.54) is 5.56 Å². The van der Waals surface area contributed by atoms with Crippen LogP contribution in [0.2, 0.25) is 0 Å². The molecule has 7 heteroatoms. The molecule has 2 aromatic rings. The van der Waals surface area contributed by atoms with Gasteiger partial charge in [0.25, 0.3) is 5.91 Å². The lowest BCUT2D eigenvalue weighted by Gasteiger charge is -2.41. The molecule has 34 heavy (non-hydrogen) atoms. The lowest BCUT2D eigenvalue weighted by atomic mass is 9.68. The second-order valence-electron chi connectivity index (χ2n) is 9.88. The Balaban J connectivity index is 1.73. The summed E-state index contributed by atoms with van der Waals surface area (Å²) in [5, 5.41) is 18.9. The molecule has 0 aromatic heterocycles. The summed E-state index contributed by atoms with van der Waals surface area (Å²) in [5.74, 6) is 0.944. The minimum absolute atomic E-state index is 0.133. The van der Waals surface area contributed by atoms with E-state index in [0.717, 1.165) is 25.7 Å². The number of benzene rings is 2. The number of carbonyl (C=O) groups is 1. The highest BCUT2D eigenvalue weighted by atomic mass is 16.5. The SMILES string of the molecule is COc1ccccc1C(=O)NCC1(c2ccccc2)CCC(N/C(=N/C#N)NC(C)(C)C)CC1. The zero-order valence-corrected chi connectivity index (χ0v) is 20.5. The molecule has 0 bridgehead atoms. The molecule has 0 atom stereocenters. The topological polar surface area (TPSA) is 98.5 Å². The van der Waals surface area contributed by atoms with E-state index in [2.05, 4.69) is 33.1 Å². The van der Waals surface area contributed by atoms with Gasteiger partial charge in [0.15, 0.2) is 0 Å². The molecule has 0 radical (unpaired) electrons. The van der Waals surface area contributed by atoms with Crippen molar-refractivity contribution < 1.29 is 9.53 Å². The van der Waals surface area contributed by atoms with E-state index in [0.29, 0.717) is 23.8 Å². The second kappa shape index (κ2) is 11.1. The number of hydrogen-bond donors (Lipinski definition) is 3. The van der Waals surface area contributed by atoms with Crippen LogP contribution in [0.1, 0.15) is 62.4 Å². The number of nitrogens with zero attached hydrogens (tertiary/aromatic N) is 2. The smallest absolute Gasteiger partial charge is 0.255 e.